The van der Waals surface area contributed by atoms with Crippen molar-refractivity contribution >= 4 is 11.7 Å². The summed E-state index contributed by atoms with van der Waals surface area (Å²) in [5.74, 6) is 1.34. The molecule has 0 saturated heterocycles. The fourth-order valence-electron chi connectivity index (χ4n) is 2.01. The van der Waals surface area contributed by atoms with Crippen LogP contribution in [0.1, 0.15) is 25.7 Å². The molecule has 88 valence electrons. The van der Waals surface area contributed by atoms with Gasteiger partial charge in [-0.25, -0.2) is 0 Å². The van der Waals surface area contributed by atoms with Crippen LogP contribution in [0.2, 0.25) is 0 Å². The van der Waals surface area contributed by atoms with E-state index in [1.54, 1.807) is 12.2 Å². The predicted octanol–water partition coefficient (Wildman–Crippen LogP) is 1.78. The van der Waals surface area contributed by atoms with E-state index in [0.717, 1.165) is 25.7 Å². The summed E-state index contributed by atoms with van der Waals surface area (Å²) in [4.78, 5) is 0. The van der Waals surface area contributed by atoms with Crippen molar-refractivity contribution in [2.24, 2.45) is 23.3 Å². The Balaban J connectivity index is 2.34. The minimum absolute atomic E-state index is 0.124. The Kier molecular flexibility index (Phi) is 4.76. The van der Waals surface area contributed by atoms with Gasteiger partial charge in [0.15, 0.2) is 0 Å². The van der Waals surface area contributed by atoms with E-state index in [1.165, 1.54) is 0 Å². The minimum atomic E-state index is 0.124. The Hall–Kier alpha value is -1.58. The van der Waals surface area contributed by atoms with E-state index in [1.807, 2.05) is 12.2 Å². The van der Waals surface area contributed by atoms with Gasteiger partial charge in [-0.1, -0.05) is 12.2 Å². The molecule has 0 aliphatic heterocycles. The second-order valence-electron chi connectivity index (χ2n) is 4.30. The van der Waals surface area contributed by atoms with Crippen molar-refractivity contribution in [3.63, 3.8) is 0 Å². The van der Waals surface area contributed by atoms with Crippen molar-refractivity contribution in [2.75, 3.05) is 0 Å². The van der Waals surface area contributed by atoms with E-state index in [9.17, 15) is 0 Å². The first kappa shape index (κ1) is 12.5. The minimum Gasteiger partial charge on any atom is -0.384 e. The van der Waals surface area contributed by atoms with Gasteiger partial charge >= 0.3 is 0 Å². The summed E-state index contributed by atoms with van der Waals surface area (Å²) in [6.45, 7) is 0. The van der Waals surface area contributed by atoms with Gasteiger partial charge in [0.1, 0.15) is 11.7 Å². The molecule has 0 heterocycles. The van der Waals surface area contributed by atoms with Crippen LogP contribution in [0.25, 0.3) is 0 Å². The molecule has 0 unspecified atom stereocenters. The molecule has 0 spiro atoms. The Morgan fingerprint density at radius 1 is 0.812 bits per heavy atom. The molecular weight excluding hydrogens is 200 g/mol. The van der Waals surface area contributed by atoms with Crippen LogP contribution in [0, 0.1) is 22.7 Å². The molecule has 0 amide bonds. The highest BCUT2D eigenvalue weighted by molar-refractivity contribution is 5.88. The summed E-state index contributed by atoms with van der Waals surface area (Å²) in [6, 6.07) is 0. The van der Waals surface area contributed by atoms with Crippen LogP contribution < -0.4 is 11.5 Å². The highest BCUT2D eigenvalue weighted by atomic mass is 14.7. The van der Waals surface area contributed by atoms with Gasteiger partial charge in [-0.2, -0.15) is 0 Å². The highest BCUT2D eigenvalue weighted by Gasteiger charge is 2.17. The lowest BCUT2D eigenvalue weighted by Crippen LogP contribution is -2.13. The summed E-state index contributed by atoms with van der Waals surface area (Å²) in [6.07, 6.45) is 11.9. The summed E-state index contributed by atoms with van der Waals surface area (Å²) in [7, 11) is 0. The SMILES string of the molecule is N=C(N)C=CC1CCC(C=CC(=N)N)CC1. The molecule has 4 nitrogen and oxygen atoms in total. The van der Waals surface area contributed by atoms with Crippen LogP contribution in [-0.2, 0) is 0 Å². The van der Waals surface area contributed by atoms with Gasteiger partial charge in [-0.15, -0.1) is 0 Å². The van der Waals surface area contributed by atoms with Crippen molar-refractivity contribution in [3.05, 3.63) is 24.3 Å². The van der Waals surface area contributed by atoms with Crippen molar-refractivity contribution in [3.8, 4) is 0 Å². The zero-order chi connectivity index (χ0) is 12.0. The third-order valence-corrected chi connectivity index (χ3v) is 2.91. The zero-order valence-electron chi connectivity index (χ0n) is 9.45. The van der Waals surface area contributed by atoms with E-state index in [0.29, 0.717) is 11.8 Å². The van der Waals surface area contributed by atoms with Gasteiger partial charge in [0.05, 0.1) is 0 Å². The van der Waals surface area contributed by atoms with Gasteiger partial charge in [0.25, 0.3) is 0 Å². The Morgan fingerprint density at radius 2 is 1.12 bits per heavy atom. The van der Waals surface area contributed by atoms with Crippen LogP contribution in [0.3, 0.4) is 0 Å². The topological polar surface area (TPSA) is 99.7 Å². The first-order valence-electron chi connectivity index (χ1n) is 5.62. The summed E-state index contributed by atoms with van der Waals surface area (Å²) in [5, 5.41) is 14.2. The molecule has 0 aromatic heterocycles. The van der Waals surface area contributed by atoms with Crippen LogP contribution >= 0.6 is 0 Å². The maximum absolute atomic E-state index is 7.11. The quantitative estimate of drug-likeness (QED) is 0.429. The predicted molar refractivity (Wildman–Crippen MR) is 67.6 cm³/mol. The molecule has 0 bridgehead atoms. The van der Waals surface area contributed by atoms with E-state index in [4.69, 9.17) is 22.3 Å². The number of allylic oxidation sites excluding steroid dienone is 2. The molecule has 16 heavy (non-hydrogen) atoms. The average molecular weight is 220 g/mol. The molecule has 4 heteroatoms. The first-order valence-corrected chi connectivity index (χ1v) is 5.62. The average Bonchev–Trinajstić information content (AvgIpc) is 2.25. The summed E-state index contributed by atoms with van der Waals surface area (Å²) >= 11 is 0. The Morgan fingerprint density at radius 3 is 1.38 bits per heavy atom. The highest BCUT2D eigenvalue weighted by Crippen LogP contribution is 2.30. The molecule has 1 aliphatic carbocycles. The zero-order valence-corrected chi connectivity index (χ0v) is 9.45. The molecule has 1 saturated carbocycles. The fourth-order valence-corrected chi connectivity index (χ4v) is 2.01. The van der Waals surface area contributed by atoms with Crippen LogP contribution in [0.4, 0.5) is 0 Å². The summed E-state index contributed by atoms with van der Waals surface area (Å²) in [5.41, 5.74) is 10.5. The number of hydrogen-bond donors (Lipinski definition) is 4. The lowest BCUT2D eigenvalue weighted by atomic mass is 9.81. The smallest absolute Gasteiger partial charge is 0.114 e. The lowest BCUT2D eigenvalue weighted by molar-refractivity contribution is 0.356. The van der Waals surface area contributed by atoms with Crippen LogP contribution in [-0.4, -0.2) is 11.7 Å². The van der Waals surface area contributed by atoms with E-state index in [-0.39, 0.29) is 11.7 Å². The monoisotopic (exact) mass is 220 g/mol. The molecule has 1 rings (SSSR count). The van der Waals surface area contributed by atoms with Crippen LogP contribution in [0.5, 0.6) is 0 Å². The van der Waals surface area contributed by atoms with Gasteiger partial charge in [-0.05, 0) is 49.7 Å². The van der Waals surface area contributed by atoms with Crippen molar-refractivity contribution < 1.29 is 0 Å². The van der Waals surface area contributed by atoms with Gasteiger partial charge in [-0.3, -0.25) is 10.8 Å². The van der Waals surface area contributed by atoms with Crippen molar-refractivity contribution in [1.82, 2.24) is 0 Å². The molecule has 0 aromatic carbocycles. The lowest BCUT2D eigenvalue weighted by Gasteiger charge is -2.24. The number of nitrogens with two attached hydrogens (primary N) is 2. The third kappa shape index (κ3) is 4.77. The third-order valence-electron chi connectivity index (χ3n) is 2.91. The number of amidine groups is 2. The molecule has 0 atom stereocenters. The van der Waals surface area contributed by atoms with Gasteiger partial charge in [0, 0.05) is 0 Å². The number of rotatable bonds is 4. The molecule has 1 fully saturated rings. The standard InChI is InChI=1S/C12H20N4/c13-11(14)7-5-9-1-2-10(4-3-9)6-8-12(15)16/h5-10H,1-4H2,(H3,13,14)(H3,15,16). The second kappa shape index (κ2) is 6.10. The van der Waals surface area contributed by atoms with Crippen molar-refractivity contribution in [1.29, 1.82) is 10.8 Å². The van der Waals surface area contributed by atoms with E-state index >= 15 is 0 Å². The normalized spacial score (nSPS) is 26.2. The van der Waals surface area contributed by atoms with E-state index < -0.39 is 0 Å². The molecule has 0 aromatic rings. The maximum atomic E-state index is 7.11. The Labute approximate surface area is 96.4 Å². The largest absolute Gasteiger partial charge is 0.384 e. The van der Waals surface area contributed by atoms with E-state index in [2.05, 4.69) is 0 Å². The van der Waals surface area contributed by atoms with Gasteiger partial charge in [0.2, 0.25) is 0 Å². The molecule has 6 N–H and O–H groups in total. The van der Waals surface area contributed by atoms with Crippen molar-refractivity contribution in [2.45, 2.75) is 25.7 Å². The number of nitrogens with one attached hydrogen (secondary N) is 2. The molecule has 0 radical (unpaired) electrons. The second-order valence-corrected chi connectivity index (χ2v) is 4.30. The fraction of sp³-hybridized carbons (Fsp3) is 0.500. The molecule has 1 aliphatic rings. The number of hydrogen-bond acceptors (Lipinski definition) is 2. The molecular formula is C12H20N4. The maximum Gasteiger partial charge on any atom is 0.114 e. The van der Waals surface area contributed by atoms with Crippen LogP contribution in [0.15, 0.2) is 24.3 Å². The van der Waals surface area contributed by atoms with Gasteiger partial charge < -0.3 is 11.5 Å². The first-order chi connectivity index (χ1) is 7.58. The Bertz CT molecular complexity index is 277. The summed E-state index contributed by atoms with van der Waals surface area (Å²) < 4.78 is 0.